The number of piperidine rings is 1. The number of hydrogen-bond donors (Lipinski definition) is 2. The van der Waals surface area contributed by atoms with Gasteiger partial charge in [0, 0.05) is 37.1 Å². The molecule has 0 saturated carbocycles. The third kappa shape index (κ3) is 4.35. The van der Waals surface area contributed by atoms with E-state index in [0.717, 1.165) is 0 Å². The maximum absolute atomic E-state index is 12.8. The molecular formula is C21H23N5O4. The third-order valence-electron chi connectivity index (χ3n) is 5.07. The van der Waals surface area contributed by atoms with E-state index < -0.39 is 0 Å². The Hall–Kier alpha value is -3.62. The molecule has 1 aliphatic heterocycles. The van der Waals surface area contributed by atoms with Crippen molar-refractivity contribution in [1.82, 2.24) is 24.8 Å². The van der Waals surface area contributed by atoms with E-state index in [2.05, 4.69) is 15.4 Å². The number of hydrogen-bond acceptors (Lipinski definition) is 5. The van der Waals surface area contributed by atoms with Gasteiger partial charge in [-0.1, -0.05) is 18.2 Å². The monoisotopic (exact) mass is 409 g/mol. The van der Waals surface area contributed by atoms with Crippen molar-refractivity contribution in [1.29, 1.82) is 0 Å². The maximum Gasteiger partial charge on any atom is 0.274 e. The van der Waals surface area contributed by atoms with Gasteiger partial charge in [0.25, 0.3) is 17.4 Å². The number of para-hydroxylation sites is 1. The number of carbonyl (C=O) groups excluding carboxylic acids is 2. The first-order valence-electron chi connectivity index (χ1n) is 9.85. The number of fused-ring (bicyclic) bond motifs is 1. The molecule has 1 fully saturated rings. The fourth-order valence-corrected chi connectivity index (χ4v) is 3.55. The van der Waals surface area contributed by atoms with Crippen LogP contribution in [0, 0.1) is 6.92 Å². The number of aryl methyl sites for hydroxylation is 1. The lowest BCUT2D eigenvalue weighted by atomic mass is 10.0. The minimum atomic E-state index is -0.277. The number of rotatable bonds is 5. The lowest BCUT2D eigenvalue weighted by Gasteiger charge is -2.32. The highest BCUT2D eigenvalue weighted by Gasteiger charge is 2.26. The molecule has 0 bridgehead atoms. The highest BCUT2D eigenvalue weighted by Crippen LogP contribution is 2.14. The van der Waals surface area contributed by atoms with Crippen molar-refractivity contribution in [2.45, 2.75) is 25.8 Å². The Bertz CT molecular complexity index is 1110. The van der Waals surface area contributed by atoms with Crippen LogP contribution in [0.25, 0.3) is 5.52 Å². The molecule has 9 nitrogen and oxygen atoms in total. The van der Waals surface area contributed by atoms with E-state index >= 15 is 0 Å². The van der Waals surface area contributed by atoms with Crippen LogP contribution in [0.15, 0.2) is 47.4 Å². The van der Waals surface area contributed by atoms with Crippen LogP contribution in [-0.4, -0.2) is 57.1 Å². The van der Waals surface area contributed by atoms with Crippen LogP contribution in [0.5, 0.6) is 5.75 Å². The Kier molecular flexibility index (Phi) is 5.51. The molecule has 0 radical (unpaired) electrons. The molecule has 30 heavy (non-hydrogen) atoms. The molecule has 2 N–H and O–H groups in total. The number of nitrogens with one attached hydrogen (secondary N) is 2. The van der Waals surface area contributed by atoms with Gasteiger partial charge < -0.3 is 19.9 Å². The van der Waals surface area contributed by atoms with E-state index in [9.17, 15) is 14.4 Å². The molecule has 1 aromatic carbocycles. The lowest BCUT2D eigenvalue weighted by Crippen LogP contribution is -2.47. The van der Waals surface area contributed by atoms with E-state index in [1.54, 1.807) is 30.2 Å². The zero-order valence-corrected chi connectivity index (χ0v) is 16.6. The summed E-state index contributed by atoms with van der Waals surface area (Å²) in [5, 5.41) is 7.21. The van der Waals surface area contributed by atoms with Crippen molar-refractivity contribution >= 4 is 17.3 Å². The maximum atomic E-state index is 12.8. The van der Waals surface area contributed by atoms with Crippen molar-refractivity contribution in [3.63, 3.8) is 0 Å². The topological polar surface area (TPSA) is 109 Å². The van der Waals surface area contributed by atoms with Gasteiger partial charge in [0.15, 0.2) is 12.3 Å². The Balaban J connectivity index is 1.30. The SMILES string of the molecule is Cc1cn2nc(C(=O)N3CCC(NC(=O)COc4ccccc4)CC3)cc2c(=O)[nH]1. The highest BCUT2D eigenvalue weighted by molar-refractivity contribution is 5.93. The van der Waals surface area contributed by atoms with Gasteiger partial charge in [-0.15, -0.1) is 0 Å². The van der Waals surface area contributed by atoms with Crippen LogP contribution in [0.3, 0.4) is 0 Å². The molecule has 0 spiro atoms. The van der Waals surface area contributed by atoms with E-state index in [-0.39, 0.29) is 35.7 Å². The van der Waals surface area contributed by atoms with Crippen LogP contribution in [0.2, 0.25) is 0 Å². The minimum absolute atomic E-state index is 0.00696. The fraction of sp³-hybridized carbons (Fsp3) is 0.333. The average molecular weight is 409 g/mol. The normalized spacial score (nSPS) is 14.6. The molecule has 2 aromatic heterocycles. The standard InChI is InChI=1S/C21H23N5O4/c1-14-12-26-18(20(28)22-14)11-17(24-26)21(29)25-9-7-15(8-10-25)23-19(27)13-30-16-5-3-2-4-6-16/h2-6,11-12,15H,7-10,13H2,1H3,(H,22,28)(H,23,27). The van der Waals surface area contributed by atoms with Crippen LogP contribution in [-0.2, 0) is 4.79 Å². The summed E-state index contributed by atoms with van der Waals surface area (Å²) in [5.41, 5.74) is 0.970. The molecule has 4 rings (SSSR count). The van der Waals surface area contributed by atoms with Crippen molar-refractivity contribution in [2.75, 3.05) is 19.7 Å². The van der Waals surface area contributed by atoms with Gasteiger partial charge in [0.05, 0.1) is 0 Å². The summed E-state index contributed by atoms with van der Waals surface area (Å²) in [4.78, 5) is 41.3. The number of nitrogens with zero attached hydrogens (tertiary/aromatic N) is 3. The number of benzene rings is 1. The predicted octanol–water partition coefficient (Wildman–Crippen LogP) is 1.13. The van der Waals surface area contributed by atoms with E-state index in [0.29, 0.717) is 42.9 Å². The quantitative estimate of drug-likeness (QED) is 0.657. The largest absolute Gasteiger partial charge is 0.484 e. The minimum Gasteiger partial charge on any atom is -0.484 e. The van der Waals surface area contributed by atoms with Crippen LogP contribution < -0.4 is 15.6 Å². The third-order valence-corrected chi connectivity index (χ3v) is 5.07. The molecule has 2 amide bonds. The molecule has 9 heteroatoms. The number of H-pyrrole nitrogens is 1. The molecule has 1 aliphatic rings. The second-order valence-corrected chi connectivity index (χ2v) is 7.36. The summed E-state index contributed by atoms with van der Waals surface area (Å²) in [6, 6.07) is 10.7. The van der Waals surface area contributed by atoms with Gasteiger partial charge in [-0.2, -0.15) is 5.10 Å². The van der Waals surface area contributed by atoms with Crippen LogP contribution >= 0.6 is 0 Å². The molecule has 156 valence electrons. The Morgan fingerprint density at radius 1 is 1.23 bits per heavy atom. The van der Waals surface area contributed by atoms with Crippen molar-refractivity contribution < 1.29 is 14.3 Å². The van der Waals surface area contributed by atoms with Gasteiger partial charge >= 0.3 is 0 Å². The highest BCUT2D eigenvalue weighted by atomic mass is 16.5. The summed E-state index contributed by atoms with van der Waals surface area (Å²) in [7, 11) is 0. The van der Waals surface area contributed by atoms with Gasteiger partial charge in [-0.3, -0.25) is 14.4 Å². The van der Waals surface area contributed by atoms with E-state index in [4.69, 9.17) is 4.74 Å². The number of likely N-dealkylation sites (tertiary alicyclic amines) is 1. The smallest absolute Gasteiger partial charge is 0.274 e. The summed E-state index contributed by atoms with van der Waals surface area (Å²) in [6.45, 7) is 2.73. The first-order chi connectivity index (χ1) is 14.5. The zero-order chi connectivity index (χ0) is 21.1. The van der Waals surface area contributed by atoms with Gasteiger partial charge in [-0.25, -0.2) is 4.52 Å². The average Bonchev–Trinajstić information content (AvgIpc) is 3.17. The fourth-order valence-electron chi connectivity index (χ4n) is 3.55. The summed E-state index contributed by atoms with van der Waals surface area (Å²) in [5.74, 6) is 0.251. The van der Waals surface area contributed by atoms with Crippen molar-refractivity contribution in [3.05, 3.63) is 64.3 Å². The molecule has 1 saturated heterocycles. The van der Waals surface area contributed by atoms with Gasteiger partial charge in [0.2, 0.25) is 0 Å². The molecule has 3 heterocycles. The molecule has 0 atom stereocenters. The molecule has 3 aromatic rings. The summed E-state index contributed by atoms with van der Waals surface area (Å²) < 4.78 is 6.89. The molecular weight excluding hydrogens is 386 g/mol. The van der Waals surface area contributed by atoms with Gasteiger partial charge in [-0.05, 0) is 31.9 Å². The number of amides is 2. The Morgan fingerprint density at radius 2 is 1.97 bits per heavy atom. The van der Waals surface area contributed by atoms with Crippen molar-refractivity contribution in [3.8, 4) is 5.75 Å². The second-order valence-electron chi connectivity index (χ2n) is 7.36. The first kappa shape index (κ1) is 19.7. The van der Waals surface area contributed by atoms with Crippen LogP contribution in [0.4, 0.5) is 0 Å². The first-order valence-corrected chi connectivity index (χ1v) is 9.85. The number of aromatic amines is 1. The van der Waals surface area contributed by atoms with E-state index in [1.807, 2.05) is 18.2 Å². The second kappa shape index (κ2) is 8.40. The molecule has 0 unspecified atom stereocenters. The Morgan fingerprint density at radius 3 is 2.70 bits per heavy atom. The predicted molar refractivity (Wildman–Crippen MR) is 110 cm³/mol. The lowest BCUT2D eigenvalue weighted by molar-refractivity contribution is -0.124. The molecule has 0 aliphatic carbocycles. The number of ether oxygens (including phenoxy) is 1. The number of aromatic nitrogens is 3. The van der Waals surface area contributed by atoms with E-state index in [1.165, 1.54) is 10.6 Å². The summed E-state index contributed by atoms with van der Waals surface area (Å²) in [6.07, 6.45) is 2.97. The van der Waals surface area contributed by atoms with Gasteiger partial charge in [0.1, 0.15) is 11.3 Å². The Labute approximate surface area is 172 Å². The summed E-state index contributed by atoms with van der Waals surface area (Å²) >= 11 is 0. The zero-order valence-electron chi connectivity index (χ0n) is 16.6. The number of carbonyl (C=O) groups is 2. The van der Waals surface area contributed by atoms with Crippen molar-refractivity contribution in [2.24, 2.45) is 0 Å². The van der Waals surface area contributed by atoms with Crippen LogP contribution in [0.1, 0.15) is 29.0 Å².